The Hall–Kier alpha value is -0.920. The Bertz CT molecular complexity index is 455. The number of hydrogen-bond donors (Lipinski definition) is 0. The average Bonchev–Trinajstić information content (AvgIpc) is 2.86. The summed E-state index contributed by atoms with van der Waals surface area (Å²) in [4.78, 5) is 7.12. The van der Waals surface area contributed by atoms with E-state index in [1.54, 1.807) is 11.3 Å². The minimum absolute atomic E-state index is 0.229. The minimum Gasteiger partial charge on any atom is -0.306 e. The predicted molar refractivity (Wildman–Crippen MR) is 68.1 cm³/mol. The zero-order chi connectivity index (χ0) is 11.9. The first-order valence-electron chi connectivity index (χ1n) is 6.29. The molecule has 2 aliphatic rings. The van der Waals surface area contributed by atoms with Crippen LogP contribution in [0.5, 0.6) is 0 Å². The highest BCUT2D eigenvalue weighted by atomic mass is 32.1. The molecule has 1 saturated carbocycles. The molecule has 17 heavy (non-hydrogen) atoms. The normalized spacial score (nSPS) is 27.6. The third-order valence-electron chi connectivity index (χ3n) is 4.16. The molecule has 1 saturated heterocycles. The van der Waals surface area contributed by atoms with Crippen LogP contribution in [-0.2, 0) is 5.41 Å². The fraction of sp³-hybridized carbons (Fsp3) is 0.692. The Morgan fingerprint density at radius 3 is 2.94 bits per heavy atom. The van der Waals surface area contributed by atoms with Gasteiger partial charge in [-0.3, -0.25) is 0 Å². The van der Waals surface area contributed by atoms with E-state index in [0.29, 0.717) is 5.92 Å². The zero-order valence-corrected chi connectivity index (χ0v) is 11.0. The maximum absolute atomic E-state index is 9.32. The van der Waals surface area contributed by atoms with Crippen LogP contribution in [-0.4, -0.2) is 30.0 Å². The summed E-state index contributed by atoms with van der Waals surface area (Å²) < 4.78 is 0. The molecule has 3 nitrogen and oxygen atoms in total. The van der Waals surface area contributed by atoms with Gasteiger partial charge < -0.3 is 4.90 Å². The molecule has 1 aliphatic carbocycles. The van der Waals surface area contributed by atoms with Crippen LogP contribution < -0.4 is 0 Å². The van der Waals surface area contributed by atoms with E-state index < -0.39 is 0 Å². The molecule has 1 aliphatic heterocycles. The lowest BCUT2D eigenvalue weighted by Crippen LogP contribution is -2.32. The highest BCUT2D eigenvalue weighted by molar-refractivity contribution is 7.09. The summed E-state index contributed by atoms with van der Waals surface area (Å²) in [6.45, 7) is 2.28. The Kier molecular flexibility index (Phi) is 2.68. The number of likely N-dealkylation sites (tertiary alicyclic amines) is 1. The van der Waals surface area contributed by atoms with Gasteiger partial charge >= 0.3 is 0 Å². The van der Waals surface area contributed by atoms with Gasteiger partial charge in [-0.2, -0.15) is 5.26 Å². The molecular weight excluding hydrogens is 230 g/mol. The number of likely N-dealkylation sites (N-methyl/N-ethyl adjacent to an activating group) is 1. The number of hydrogen-bond acceptors (Lipinski definition) is 4. The second kappa shape index (κ2) is 4.08. The van der Waals surface area contributed by atoms with Crippen LogP contribution in [0.4, 0.5) is 0 Å². The average molecular weight is 247 g/mol. The van der Waals surface area contributed by atoms with Gasteiger partial charge in [0.15, 0.2) is 0 Å². The number of aromatic nitrogens is 1. The van der Waals surface area contributed by atoms with Crippen LogP contribution in [0.2, 0.25) is 0 Å². The molecule has 1 atom stereocenters. The molecule has 0 radical (unpaired) electrons. The molecule has 0 aromatic carbocycles. The SMILES string of the molecule is CN1CCC(c2csc(C3(C#N)CCC3)n2)C1. The van der Waals surface area contributed by atoms with Gasteiger partial charge in [0.05, 0.1) is 11.8 Å². The number of nitriles is 1. The Morgan fingerprint density at radius 1 is 1.59 bits per heavy atom. The predicted octanol–water partition coefficient (Wildman–Crippen LogP) is 2.51. The molecule has 1 aromatic rings. The first kappa shape index (κ1) is 11.2. The lowest BCUT2D eigenvalue weighted by atomic mass is 9.70. The van der Waals surface area contributed by atoms with E-state index in [1.807, 2.05) is 0 Å². The molecular formula is C13H17N3S. The van der Waals surface area contributed by atoms with Crippen molar-refractivity contribution in [3.05, 3.63) is 16.1 Å². The summed E-state index contributed by atoms with van der Waals surface area (Å²) in [5, 5.41) is 12.6. The second-order valence-electron chi connectivity index (χ2n) is 5.37. The molecule has 90 valence electrons. The number of nitrogens with zero attached hydrogens (tertiary/aromatic N) is 3. The molecule has 1 unspecified atom stereocenters. The van der Waals surface area contributed by atoms with E-state index in [9.17, 15) is 5.26 Å². The molecule has 0 bridgehead atoms. The van der Waals surface area contributed by atoms with E-state index in [-0.39, 0.29) is 5.41 Å². The Balaban J connectivity index is 1.81. The quantitative estimate of drug-likeness (QED) is 0.806. The Morgan fingerprint density at radius 2 is 2.41 bits per heavy atom. The minimum atomic E-state index is -0.229. The monoisotopic (exact) mass is 247 g/mol. The first-order chi connectivity index (χ1) is 8.23. The molecule has 1 aromatic heterocycles. The van der Waals surface area contributed by atoms with Gasteiger partial charge in [-0.15, -0.1) is 11.3 Å². The van der Waals surface area contributed by atoms with E-state index >= 15 is 0 Å². The van der Waals surface area contributed by atoms with Crippen molar-refractivity contribution in [3.63, 3.8) is 0 Å². The van der Waals surface area contributed by atoms with Gasteiger partial charge in [0.25, 0.3) is 0 Å². The third-order valence-corrected chi connectivity index (χ3v) is 5.23. The van der Waals surface area contributed by atoms with Gasteiger partial charge in [0, 0.05) is 17.8 Å². The number of rotatable bonds is 2. The molecule has 0 amide bonds. The summed E-state index contributed by atoms with van der Waals surface area (Å²) in [5.41, 5.74) is 0.990. The maximum atomic E-state index is 9.32. The molecule has 0 spiro atoms. The lowest BCUT2D eigenvalue weighted by molar-refractivity contribution is 0.322. The van der Waals surface area contributed by atoms with Gasteiger partial charge in [0.2, 0.25) is 0 Å². The summed E-state index contributed by atoms with van der Waals surface area (Å²) in [5.74, 6) is 0.584. The van der Waals surface area contributed by atoms with Crippen molar-refractivity contribution in [1.29, 1.82) is 5.26 Å². The van der Waals surface area contributed by atoms with E-state index in [4.69, 9.17) is 4.98 Å². The summed E-state index contributed by atoms with van der Waals surface area (Å²) in [6.07, 6.45) is 4.38. The van der Waals surface area contributed by atoms with Crippen LogP contribution in [0.3, 0.4) is 0 Å². The van der Waals surface area contributed by atoms with Crippen molar-refractivity contribution in [2.75, 3.05) is 20.1 Å². The van der Waals surface area contributed by atoms with Crippen molar-refractivity contribution in [1.82, 2.24) is 9.88 Å². The van der Waals surface area contributed by atoms with Crippen molar-refractivity contribution >= 4 is 11.3 Å². The van der Waals surface area contributed by atoms with E-state index in [2.05, 4.69) is 23.4 Å². The Labute approximate surface area is 106 Å². The van der Waals surface area contributed by atoms with Crippen LogP contribution >= 0.6 is 11.3 Å². The molecule has 4 heteroatoms. The fourth-order valence-corrected chi connectivity index (χ4v) is 3.88. The summed E-state index contributed by atoms with van der Waals surface area (Å²) in [6, 6.07) is 2.48. The molecule has 2 fully saturated rings. The topological polar surface area (TPSA) is 39.9 Å². The van der Waals surface area contributed by atoms with Crippen molar-refractivity contribution in [2.24, 2.45) is 0 Å². The van der Waals surface area contributed by atoms with Crippen LogP contribution in [0.15, 0.2) is 5.38 Å². The van der Waals surface area contributed by atoms with Crippen molar-refractivity contribution in [2.45, 2.75) is 37.0 Å². The van der Waals surface area contributed by atoms with E-state index in [1.165, 1.54) is 25.1 Å². The van der Waals surface area contributed by atoms with E-state index in [0.717, 1.165) is 24.4 Å². The molecule has 2 heterocycles. The van der Waals surface area contributed by atoms with Crippen LogP contribution in [0, 0.1) is 11.3 Å². The van der Waals surface area contributed by atoms with Gasteiger partial charge in [0.1, 0.15) is 10.4 Å². The number of thiazole rings is 1. The molecule has 3 rings (SSSR count). The largest absolute Gasteiger partial charge is 0.306 e. The summed E-state index contributed by atoms with van der Waals surface area (Å²) in [7, 11) is 2.16. The summed E-state index contributed by atoms with van der Waals surface area (Å²) >= 11 is 1.69. The fourth-order valence-electron chi connectivity index (χ4n) is 2.77. The van der Waals surface area contributed by atoms with Gasteiger partial charge in [-0.1, -0.05) is 0 Å². The zero-order valence-electron chi connectivity index (χ0n) is 10.1. The third kappa shape index (κ3) is 1.78. The highest BCUT2D eigenvalue weighted by Gasteiger charge is 2.42. The lowest BCUT2D eigenvalue weighted by Gasteiger charge is -2.32. The smallest absolute Gasteiger partial charge is 0.113 e. The second-order valence-corrected chi connectivity index (χ2v) is 6.23. The molecule has 0 N–H and O–H groups in total. The van der Waals surface area contributed by atoms with Crippen LogP contribution in [0.25, 0.3) is 0 Å². The first-order valence-corrected chi connectivity index (χ1v) is 7.17. The standard InChI is InChI=1S/C13H17N3S/c1-16-6-3-10(7-16)11-8-17-12(15-11)13(9-14)4-2-5-13/h8,10H,2-7H2,1H3. The van der Waals surface area contributed by atoms with Crippen molar-refractivity contribution in [3.8, 4) is 6.07 Å². The maximum Gasteiger partial charge on any atom is 0.113 e. The van der Waals surface area contributed by atoms with Gasteiger partial charge in [-0.25, -0.2) is 4.98 Å². The van der Waals surface area contributed by atoms with Crippen molar-refractivity contribution < 1.29 is 0 Å². The van der Waals surface area contributed by atoms with Crippen LogP contribution in [0.1, 0.15) is 42.3 Å². The highest BCUT2D eigenvalue weighted by Crippen LogP contribution is 2.45. The van der Waals surface area contributed by atoms with Gasteiger partial charge in [-0.05, 0) is 39.3 Å².